The van der Waals surface area contributed by atoms with E-state index in [2.05, 4.69) is 29.5 Å². The van der Waals surface area contributed by atoms with Gasteiger partial charge in [0.25, 0.3) is 0 Å². The first-order chi connectivity index (χ1) is 9.11. The molecular formula is C14H23N3O2. The van der Waals surface area contributed by atoms with Gasteiger partial charge in [-0.1, -0.05) is 13.8 Å². The minimum Gasteiger partial charge on any atom is -0.478 e. The summed E-state index contributed by atoms with van der Waals surface area (Å²) in [5, 5.41) is 6.09. The molecule has 1 heterocycles. The summed E-state index contributed by atoms with van der Waals surface area (Å²) in [6.07, 6.45) is 2.94. The number of hydrogen-bond donors (Lipinski definition) is 2. The maximum absolute atomic E-state index is 11.7. The number of anilines is 1. The summed E-state index contributed by atoms with van der Waals surface area (Å²) in [6.45, 7) is 7.52. The van der Waals surface area contributed by atoms with E-state index in [1.165, 1.54) is 0 Å². The van der Waals surface area contributed by atoms with E-state index >= 15 is 0 Å². The van der Waals surface area contributed by atoms with Gasteiger partial charge in [0, 0.05) is 18.5 Å². The lowest BCUT2D eigenvalue weighted by Crippen LogP contribution is -2.24. The fraction of sp³-hybridized carbons (Fsp3) is 0.571. The summed E-state index contributed by atoms with van der Waals surface area (Å²) in [6, 6.07) is 4.00. The van der Waals surface area contributed by atoms with Crippen molar-refractivity contribution >= 4 is 11.6 Å². The molecule has 0 aliphatic carbocycles. The van der Waals surface area contributed by atoms with Gasteiger partial charge in [-0.15, -0.1) is 0 Å². The van der Waals surface area contributed by atoms with Crippen LogP contribution in [0.15, 0.2) is 18.3 Å². The van der Waals surface area contributed by atoms with Crippen molar-refractivity contribution in [2.75, 3.05) is 18.5 Å². The molecule has 0 bridgehead atoms. The number of carbonyl (C=O) groups is 1. The predicted molar refractivity (Wildman–Crippen MR) is 76.4 cm³/mol. The van der Waals surface area contributed by atoms with Gasteiger partial charge in [-0.25, -0.2) is 4.98 Å². The number of hydrogen-bond acceptors (Lipinski definition) is 4. The lowest BCUT2D eigenvalue weighted by molar-refractivity contribution is -0.116. The number of aromatic nitrogens is 1. The summed E-state index contributed by atoms with van der Waals surface area (Å²) in [5.74, 6) is 0.582. The largest absolute Gasteiger partial charge is 0.478 e. The maximum Gasteiger partial charge on any atom is 0.224 e. The van der Waals surface area contributed by atoms with Crippen LogP contribution in [-0.2, 0) is 4.79 Å². The minimum atomic E-state index is 0.0107. The second-order valence-corrected chi connectivity index (χ2v) is 4.58. The molecule has 0 fully saturated rings. The van der Waals surface area contributed by atoms with Gasteiger partial charge >= 0.3 is 0 Å². The third-order valence-electron chi connectivity index (χ3n) is 2.45. The summed E-state index contributed by atoms with van der Waals surface area (Å²) >= 11 is 0. The third-order valence-corrected chi connectivity index (χ3v) is 2.45. The van der Waals surface area contributed by atoms with E-state index in [-0.39, 0.29) is 5.91 Å². The number of rotatable bonds is 8. The van der Waals surface area contributed by atoms with Crippen molar-refractivity contribution in [1.82, 2.24) is 10.3 Å². The molecule has 5 heteroatoms. The van der Waals surface area contributed by atoms with Crippen LogP contribution in [0.4, 0.5) is 5.69 Å². The lowest BCUT2D eigenvalue weighted by atomic mass is 10.2. The molecule has 106 valence electrons. The highest BCUT2D eigenvalue weighted by atomic mass is 16.5. The first kappa shape index (κ1) is 15.4. The van der Waals surface area contributed by atoms with E-state index < -0.39 is 0 Å². The Morgan fingerprint density at radius 1 is 1.42 bits per heavy atom. The molecule has 0 unspecified atom stereocenters. The van der Waals surface area contributed by atoms with Crippen molar-refractivity contribution in [2.24, 2.45) is 0 Å². The Hall–Kier alpha value is -1.62. The highest BCUT2D eigenvalue weighted by Gasteiger charge is 2.03. The van der Waals surface area contributed by atoms with Gasteiger partial charge in [0.15, 0.2) is 0 Å². The minimum absolute atomic E-state index is 0.0107. The van der Waals surface area contributed by atoms with Crippen LogP contribution in [0.5, 0.6) is 5.88 Å². The van der Waals surface area contributed by atoms with Gasteiger partial charge in [0.05, 0.1) is 18.5 Å². The molecule has 0 aromatic carbocycles. The number of nitrogens with one attached hydrogen (secondary N) is 2. The monoisotopic (exact) mass is 265 g/mol. The Morgan fingerprint density at radius 2 is 2.21 bits per heavy atom. The van der Waals surface area contributed by atoms with Crippen LogP contribution in [-0.4, -0.2) is 30.1 Å². The van der Waals surface area contributed by atoms with Gasteiger partial charge < -0.3 is 15.4 Å². The number of amides is 1. The average molecular weight is 265 g/mol. The molecule has 0 atom stereocenters. The molecule has 1 rings (SSSR count). The Morgan fingerprint density at radius 3 is 2.79 bits per heavy atom. The lowest BCUT2D eigenvalue weighted by Gasteiger charge is -2.08. The second kappa shape index (κ2) is 8.48. The van der Waals surface area contributed by atoms with Crippen molar-refractivity contribution in [3.05, 3.63) is 18.3 Å². The molecule has 0 aliphatic heterocycles. The maximum atomic E-state index is 11.7. The van der Waals surface area contributed by atoms with Crippen molar-refractivity contribution in [1.29, 1.82) is 0 Å². The van der Waals surface area contributed by atoms with Crippen LogP contribution in [0.25, 0.3) is 0 Å². The highest BCUT2D eigenvalue weighted by Crippen LogP contribution is 2.11. The first-order valence-corrected chi connectivity index (χ1v) is 6.74. The molecule has 19 heavy (non-hydrogen) atoms. The van der Waals surface area contributed by atoms with Gasteiger partial charge in [0.1, 0.15) is 0 Å². The summed E-state index contributed by atoms with van der Waals surface area (Å²) in [5.41, 5.74) is 0.699. The standard InChI is InChI=1S/C14H23N3O2/c1-4-19-14-8-7-12(10-16-14)17-13(18)6-5-9-15-11(2)3/h7-8,10-11,15H,4-6,9H2,1-3H3,(H,17,18). The normalized spacial score (nSPS) is 10.5. The van der Waals surface area contributed by atoms with Gasteiger partial charge in [-0.05, 0) is 26.0 Å². The SMILES string of the molecule is CCOc1ccc(NC(=O)CCCNC(C)C)cn1. The zero-order valence-electron chi connectivity index (χ0n) is 11.9. The van der Waals surface area contributed by atoms with Crippen molar-refractivity contribution in [3.8, 4) is 5.88 Å². The van der Waals surface area contributed by atoms with E-state index in [1.54, 1.807) is 18.3 Å². The second-order valence-electron chi connectivity index (χ2n) is 4.58. The quantitative estimate of drug-likeness (QED) is 0.707. The van der Waals surface area contributed by atoms with E-state index in [0.29, 0.717) is 30.6 Å². The van der Waals surface area contributed by atoms with E-state index in [4.69, 9.17) is 4.74 Å². The van der Waals surface area contributed by atoms with Crippen LogP contribution in [0, 0.1) is 0 Å². The smallest absolute Gasteiger partial charge is 0.224 e. The summed E-state index contributed by atoms with van der Waals surface area (Å²) < 4.78 is 5.24. The molecule has 5 nitrogen and oxygen atoms in total. The van der Waals surface area contributed by atoms with E-state index in [9.17, 15) is 4.79 Å². The molecule has 0 saturated heterocycles. The van der Waals surface area contributed by atoms with Crippen LogP contribution >= 0.6 is 0 Å². The summed E-state index contributed by atoms with van der Waals surface area (Å²) in [7, 11) is 0. The van der Waals surface area contributed by atoms with Gasteiger partial charge in [0.2, 0.25) is 11.8 Å². The zero-order chi connectivity index (χ0) is 14.1. The van der Waals surface area contributed by atoms with E-state index in [0.717, 1.165) is 13.0 Å². The molecule has 0 saturated carbocycles. The molecule has 0 aliphatic rings. The Bertz CT molecular complexity index is 377. The predicted octanol–water partition coefficient (Wildman–Crippen LogP) is 2.20. The Labute approximate surface area is 114 Å². The summed E-state index contributed by atoms with van der Waals surface area (Å²) in [4.78, 5) is 15.8. The Kier molecular flexibility index (Phi) is 6.89. The molecular weight excluding hydrogens is 242 g/mol. The van der Waals surface area contributed by atoms with Crippen molar-refractivity contribution in [3.63, 3.8) is 0 Å². The topological polar surface area (TPSA) is 63.2 Å². The third kappa shape index (κ3) is 6.76. The fourth-order valence-electron chi connectivity index (χ4n) is 1.55. The zero-order valence-corrected chi connectivity index (χ0v) is 11.9. The van der Waals surface area contributed by atoms with Crippen LogP contribution in [0.3, 0.4) is 0 Å². The van der Waals surface area contributed by atoms with Gasteiger partial charge in [-0.3, -0.25) is 4.79 Å². The first-order valence-electron chi connectivity index (χ1n) is 6.74. The van der Waals surface area contributed by atoms with Crippen molar-refractivity contribution < 1.29 is 9.53 Å². The van der Waals surface area contributed by atoms with Crippen LogP contribution in [0.1, 0.15) is 33.6 Å². The van der Waals surface area contributed by atoms with Gasteiger partial charge in [-0.2, -0.15) is 0 Å². The molecule has 2 N–H and O–H groups in total. The van der Waals surface area contributed by atoms with Crippen LogP contribution < -0.4 is 15.4 Å². The number of pyridine rings is 1. The molecule has 1 amide bonds. The molecule has 1 aromatic heterocycles. The number of nitrogens with zero attached hydrogens (tertiary/aromatic N) is 1. The fourth-order valence-corrected chi connectivity index (χ4v) is 1.55. The van der Waals surface area contributed by atoms with E-state index in [1.807, 2.05) is 6.92 Å². The number of ether oxygens (including phenoxy) is 1. The molecule has 0 radical (unpaired) electrons. The molecule has 0 spiro atoms. The Balaban J connectivity index is 2.27. The van der Waals surface area contributed by atoms with Crippen LogP contribution in [0.2, 0.25) is 0 Å². The average Bonchev–Trinajstić information content (AvgIpc) is 2.37. The molecule has 1 aromatic rings. The highest BCUT2D eigenvalue weighted by molar-refractivity contribution is 5.90. The number of carbonyl (C=O) groups excluding carboxylic acids is 1. The van der Waals surface area contributed by atoms with Crippen molar-refractivity contribution in [2.45, 2.75) is 39.7 Å².